The Kier molecular flexibility index (Phi) is 9.87. The molecule has 1 fully saturated rings. The number of nitrogens with zero attached hydrogens (tertiary/aromatic N) is 2. The number of carbonyl (C=O) groups is 2. The summed E-state index contributed by atoms with van der Waals surface area (Å²) in [6.45, 7) is 7.58. The van der Waals surface area contributed by atoms with Gasteiger partial charge in [0.2, 0.25) is 0 Å². The van der Waals surface area contributed by atoms with E-state index in [1.165, 1.54) is 24.3 Å². The summed E-state index contributed by atoms with van der Waals surface area (Å²) in [5.41, 5.74) is 0.984. The van der Waals surface area contributed by atoms with Crippen LogP contribution < -0.4 is 0 Å². The molecule has 2 aromatic rings. The molecule has 1 saturated heterocycles. The number of hydrogen-bond donors (Lipinski definition) is 1. The number of amides is 1. The van der Waals surface area contributed by atoms with Crippen molar-refractivity contribution in [1.29, 1.82) is 0 Å². The van der Waals surface area contributed by atoms with Crippen molar-refractivity contribution in [2.45, 2.75) is 52.0 Å². The van der Waals surface area contributed by atoms with Gasteiger partial charge >= 0.3 is 0 Å². The molecule has 1 heterocycles. The van der Waals surface area contributed by atoms with E-state index < -0.39 is 23.5 Å². The standard InChI is InChI=1S/C28H34ClFN2O3/c1-3-5-16-31(17-6-4-2)18-7-19-32-25(20-8-12-22(29)13-9-20)24(27(34)28(32)35)26(33)21-10-14-23(30)15-11-21/h8-15,25,33H,3-7,16-19H2,1-2H3/t25-/m1/s1. The highest BCUT2D eigenvalue weighted by atomic mass is 35.5. The highest BCUT2D eigenvalue weighted by Crippen LogP contribution is 2.39. The van der Waals surface area contributed by atoms with Gasteiger partial charge in [0, 0.05) is 17.1 Å². The van der Waals surface area contributed by atoms with Crippen LogP contribution in [-0.4, -0.2) is 52.8 Å². The van der Waals surface area contributed by atoms with E-state index in [1.54, 1.807) is 29.2 Å². The van der Waals surface area contributed by atoms with Gasteiger partial charge in [-0.3, -0.25) is 9.59 Å². The molecule has 0 spiro atoms. The maximum absolute atomic E-state index is 13.4. The van der Waals surface area contributed by atoms with Crippen LogP contribution in [0.1, 0.15) is 63.1 Å². The minimum absolute atomic E-state index is 0.0118. The van der Waals surface area contributed by atoms with Crippen molar-refractivity contribution in [3.05, 3.63) is 76.1 Å². The summed E-state index contributed by atoms with van der Waals surface area (Å²) in [5.74, 6) is -2.13. The maximum Gasteiger partial charge on any atom is 0.295 e. The second-order valence-corrected chi connectivity index (χ2v) is 9.39. The average molecular weight is 501 g/mol. The second kappa shape index (κ2) is 12.8. The molecule has 7 heteroatoms. The number of unbranched alkanes of at least 4 members (excludes halogenated alkanes) is 2. The molecule has 0 bridgehead atoms. The fourth-order valence-electron chi connectivity index (χ4n) is 4.43. The van der Waals surface area contributed by atoms with Crippen LogP contribution in [0.25, 0.3) is 5.76 Å². The summed E-state index contributed by atoms with van der Waals surface area (Å²) < 4.78 is 13.4. The second-order valence-electron chi connectivity index (χ2n) is 8.95. The van der Waals surface area contributed by atoms with Gasteiger partial charge < -0.3 is 14.9 Å². The number of hydrogen-bond acceptors (Lipinski definition) is 4. The van der Waals surface area contributed by atoms with Gasteiger partial charge in [0.1, 0.15) is 11.6 Å². The van der Waals surface area contributed by atoms with Gasteiger partial charge in [0.15, 0.2) is 0 Å². The van der Waals surface area contributed by atoms with Crippen molar-refractivity contribution in [1.82, 2.24) is 9.80 Å². The zero-order valence-electron chi connectivity index (χ0n) is 20.5. The van der Waals surface area contributed by atoms with E-state index in [1.807, 2.05) is 0 Å². The molecule has 1 amide bonds. The molecule has 0 saturated carbocycles. The fourth-order valence-corrected chi connectivity index (χ4v) is 4.56. The highest BCUT2D eigenvalue weighted by molar-refractivity contribution is 6.46. The van der Waals surface area contributed by atoms with Gasteiger partial charge in [-0.1, -0.05) is 50.4 Å². The summed E-state index contributed by atoms with van der Waals surface area (Å²) in [7, 11) is 0. The van der Waals surface area contributed by atoms with Gasteiger partial charge in [0.25, 0.3) is 11.7 Å². The largest absolute Gasteiger partial charge is 0.507 e. The highest BCUT2D eigenvalue weighted by Gasteiger charge is 2.45. The first-order valence-corrected chi connectivity index (χ1v) is 12.8. The molecule has 0 aliphatic carbocycles. The number of halogens is 2. The van der Waals surface area contributed by atoms with Crippen LogP contribution in [-0.2, 0) is 9.59 Å². The molecule has 3 rings (SSSR count). The van der Waals surface area contributed by atoms with Crippen LogP contribution in [0, 0.1) is 5.82 Å². The molecule has 2 aromatic carbocycles. The van der Waals surface area contributed by atoms with Crippen molar-refractivity contribution in [3.8, 4) is 0 Å². The number of aliphatic hydroxyl groups is 1. The average Bonchev–Trinajstić information content (AvgIpc) is 3.10. The van der Waals surface area contributed by atoms with Crippen LogP contribution in [0.3, 0.4) is 0 Å². The van der Waals surface area contributed by atoms with Crippen LogP contribution in [0.4, 0.5) is 4.39 Å². The smallest absolute Gasteiger partial charge is 0.295 e. The van der Waals surface area contributed by atoms with Crippen molar-refractivity contribution >= 4 is 29.1 Å². The number of ketones is 1. The zero-order chi connectivity index (χ0) is 25.4. The maximum atomic E-state index is 13.4. The summed E-state index contributed by atoms with van der Waals surface area (Å²) >= 11 is 6.07. The van der Waals surface area contributed by atoms with Crippen molar-refractivity contribution < 1.29 is 19.1 Å². The van der Waals surface area contributed by atoms with E-state index in [4.69, 9.17) is 11.6 Å². The third-order valence-corrected chi connectivity index (χ3v) is 6.62. The number of aliphatic hydroxyl groups excluding tert-OH is 1. The topological polar surface area (TPSA) is 60.9 Å². The molecule has 0 aromatic heterocycles. The number of likely N-dealkylation sites (tertiary alicyclic amines) is 1. The van der Waals surface area contributed by atoms with Crippen LogP contribution in [0.5, 0.6) is 0 Å². The minimum atomic E-state index is -0.739. The summed E-state index contributed by atoms with van der Waals surface area (Å²) in [6.07, 6.45) is 5.20. The molecular weight excluding hydrogens is 467 g/mol. The van der Waals surface area contributed by atoms with Crippen molar-refractivity contribution in [2.24, 2.45) is 0 Å². The van der Waals surface area contributed by atoms with Gasteiger partial charge in [0.05, 0.1) is 11.6 Å². The van der Waals surface area contributed by atoms with E-state index in [9.17, 15) is 19.1 Å². The third kappa shape index (κ3) is 6.71. The number of rotatable bonds is 12. The predicted octanol–water partition coefficient (Wildman–Crippen LogP) is 6.19. The number of carbonyl (C=O) groups excluding carboxylic acids is 2. The van der Waals surface area contributed by atoms with Gasteiger partial charge in [-0.25, -0.2) is 4.39 Å². The zero-order valence-corrected chi connectivity index (χ0v) is 21.2. The van der Waals surface area contributed by atoms with E-state index >= 15 is 0 Å². The Morgan fingerprint density at radius 2 is 1.51 bits per heavy atom. The first-order chi connectivity index (χ1) is 16.9. The Morgan fingerprint density at radius 1 is 0.943 bits per heavy atom. The Bertz CT molecular complexity index is 1030. The van der Waals surface area contributed by atoms with E-state index in [0.29, 0.717) is 23.6 Å². The SMILES string of the molecule is CCCCN(CCCC)CCCN1C(=O)C(=O)C(=C(O)c2ccc(F)cc2)[C@H]1c1ccc(Cl)cc1. The first kappa shape index (κ1) is 26.9. The minimum Gasteiger partial charge on any atom is -0.507 e. The molecule has 1 N–H and O–H groups in total. The summed E-state index contributed by atoms with van der Waals surface area (Å²) in [6, 6.07) is 11.4. The lowest BCUT2D eigenvalue weighted by molar-refractivity contribution is -0.140. The van der Waals surface area contributed by atoms with Crippen LogP contribution in [0.15, 0.2) is 54.1 Å². The third-order valence-electron chi connectivity index (χ3n) is 6.37. The molecule has 5 nitrogen and oxygen atoms in total. The van der Waals surface area contributed by atoms with Crippen molar-refractivity contribution in [2.75, 3.05) is 26.2 Å². The summed E-state index contributed by atoms with van der Waals surface area (Å²) in [5, 5.41) is 11.6. The molecular formula is C28H34ClFN2O3. The molecule has 0 unspecified atom stereocenters. The quantitative estimate of drug-likeness (QED) is 0.214. The van der Waals surface area contributed by atoms with E-state index in [2.05, 4.69) is 18.7 Å². The van der Waals surface area contributed by atoms with Gasteiger partial charge in [-0.05, 0) is 80.9 Å². The van der Waals surface area contributed by atoms with Crippen LogP contribution >= 0.6 is 11.6 Å². The normalized spacial score (nSPS) is 17.5. The molecule has 188 valence electrons. The molecule has 1 atom stereocenters. The molecule has 35 heavy (non-hydrogen) atoms. The Balaban J connectivity index is 1.90. The lowest BCUT2D eigenvalue weighted by Gasteiger charge is -2.27. The van der Waals surface area contributed by atoms with Crippen molar-refractivity contribution in [3.63, 3.8) is 0 Å². The lowest BCUT2D eigenvalue weighted by Crippen LogP contribution is -2.34. The number of Topliss-reactive ketones (excluding diaryl/α,β-unsaturated/α-hetero) is 1. The van der Waals surface area contributed by atoms with Gasteiger partial charge in [-0.2, -0.15) is 0 Å². The summed E-state index contributed by atoms with van der Waals surface area (Å²) in [4.78, 5) is 30.2. The predicted molar refractivity (Wildman–Crippen MR) is 138 cm³/mol. The van der Waals surface area contributed by atoms with Gasteiger partial charge in [-0.15, -0.1) is 0 Å². The fraction of sp³-hybridized carbons (Fsp3) is 0.429. The molecule has 1 aliphatic heterocycles. The Hall–Kier alpha value is -2.70. The first-order valence-electron chi connectivity index (χ1n) is 12.4. The molecule has 0 radical (unpaired) electrons. The number of benzene rings is 2. The Morgan fingerprint density at radius 3 is 2.09 bits per heavy atom. The lowest BCUT2D eigenvalue weighted by atomic mass is 9.95. The van der Waals surface area contributed by atoms with Crippen LogP contribution in [0.2, 0.25) is 5.02 Å². The van der Waals surface area contributed by atoms with E-state index in [0.717, 1.165) is 45.3 Å². The monoisotopic (exact) mass is 500 g/mol. The molecule has 1 aliphatic rings. The van der Waals surface area contributed by atoms with E-state index in [-0.39, 0.29) is 16.9 Å². The Labute approximate surface area is 212 Å².